The van der Waals surface area contributed by atoms with E-state index < -0.39 is 23.7 Å². The molecule has 0 aliphatic carbocycles. The van der Waals surface area contributed by atoms with Gasteiger partial charge in [0.2, 0.25) is 0 Å². The van der Waals surface area contributed by atoms with Crippen molar-refractivity contribution in [2.24, 2.45) is 0 Å². The molecule has 1 aliphatic rings. The van der Waals surface area contributed by atoms with E-state index in [9.17, 15) is 19.1 Å². The minimum absolute atomic E-state index is 0.263. The lowest BCUT2D eigenvalue weighted by Crippen LogP contribution is -2.42. The van der Waals surface area contributed by atoms with E-state index in [4.69, 9.17) is 0 Å². The van der Waals surface area contributed by atoms with Gasteiger partial charge < -0.3 is 5.11 Å². The third-order valence-electron chi connectivity index (χ3n) is 3.57. The molecule has 2 aromatic rings. The monoisotopic (exact) mass is 285 g/mol. The number of halogens is 1. The Bertz CT molecular complexity index is 712. The first-order valence-electron chi connectivity index (χ1n) is 6.48. The largest absolute Gasteiger partial charge is 0.480 e. The summed E-state index contributed by atoms with van der Waals surface area (Å²) in [5.41, 5.74) is 1.68. The van der Waals surface area contributed by atoms with E-state index in [1.807, 2.05) is 12.1 Å². The first-order valence-corrected chi connectivity index (χ1v) is 6.48. The van der Waals surface area contributed by atoms with Crippen LogP contribution < -0.4 is 4.90 Å². The molecule has 0 fully saturated rings. The number of rotatable bonds is 2. The van der Waals surface area contributed by atoms with Crippen molar-refractivity contribution in [3.8, 4) is 0 Å². The summed E-state index contributed by atoms with van der Waals surface area (Å²) in [4.78, 5) is 25.3. The molecule has 2 aromatic carbocycles. The SMILES string of the molecule is O=C(O)C1Cc2ccccc2N1C(=O)c1ccc(F)cc1. The van der Waals surface area contributed by atoms with Gasteiger partial charge in [-0.2, -0.15) is 0 Å². The molecule has 1 heterocycles. The second-order valence-electron chi connectivity index (χ2n) is 4.87. The van der Waals surface area contributed by atoms with E-state index in [0.29, 0.717) is 5.69 Å². The van der Waals surface area contributed by atoms with Gasteiger partial charge in [0.1, 0.15) is 11.9 Å². The number of para-hydroxylation sites is 1. The van der Waals surface area contributed by atoms with Crippen LogP contribution in [0.25, 0.3) is 0 Å². The van der Waals surface area contributed by atoms with E-state index in [1.54, 1.807) is 12.1 Å². The summed E-state index contributed by atoms with van der Waals surface area (Å²) < 4.78 is 13.0. The van der Waals surface area contributed by atoms with Gasteiger partial charge in [0.25, 0.3) is 5.91 Å². The van der Waals surface area contributed by atoms with Crippen LogP contribution in [0.3, 0.4) is 0 Å². The smallest absolute Gasteiger partial charge is 0.327 e. The maximum Gasteiger partial charge on any atom is 0.327 e. The first-order chi connectivity index (χ1) is 10.1. The third-order valence-corrected chi connectivity index (χ3v) is 3.57. The lowest BCUT2D eigenvalue weighted by atomic mass is 10.1. The van der Waals surface area contributed by atoms with Gasteiger partial charge in [-0.05, 0) is 35.9 Å². The fourth-order valence-corrected chi connectivity index (χ4v) is 2.57. The van der Waals surface area contributed by atoms with Crippen molar-refractivity contribution in [3.63, 3.8) is 0 Å². The number of amides is 1. The molecule has 21 heavy (non-hydrogen) atoms. The number of anilines is 1. The minimum atomic E-state index is -1.05. The summed E-state index contributed by atoms with van der Waals surface area (Å²) >= 11 is 0. The molecule has 3 rings (SSSR count). The highest BCUT2D eigenvalue weighted by molar-refractivity contribution is 6.10. The van der Waals surface area contributed by atoms with Crippen molar-refractivity contribution >= 4 is 17.6 Å². The summed E-state index contributed by atoms with van der Waals surface area (Å²) in [6.45, 7) is 0. The van der Waals surface area contributed by atoms with Crippen LogP contribution in [0.4, 0.5) is 10.1 Å². The average molecular weight is 285 g/mol. The Hall–Kier alpha value is -2.69. The van der Waals surface area contributed by atoms with Crippen molar-refractivity contribution in [2.75, 3.05) is 4.90 Å². The molecule has 0 spiro atoms. The van der Waals surface area contributed by atoms with Crippen LogP contribution in [0.15, 0.2) is 48.5 Å². The highest BCUT2D eigenvalue weighted by atomic mass is 19.1. The molecule has 106 valence electrons. The average Bonchev–Trinajstić information content (AvgIpc) is 2.87. The Morgan fingerprint density at radius 2 is 1.76 bits per heavy atom. The van der Waals surface area contributed by atoms with Crippen LogP contribution in [0.5, 0.6) is 0 Å². The maximum atomic E-state index is 13.0. The molecule has 1 unspecified atom stereocenters. The van der Waals surface area contributed by atoms with E-state index in [1.165, 1.54) is 29.2 Å². The topological polar surface area (TPSA) is 57.6 Å². The summed E-state index contributed by atoms with van der Waals surface area (Å²) in [5, 5.41) is 9.34. The Morgan fingerprint density at radius 3 is 2.43 bits per heavy atom. The number of nitrogens with zero attached hydrogens (tertiary/aromatic N) is 1. The van der Waals surface area contributed by atoms with Gasteiger partial charge in [-0.3, -0.25) is 9.69 Å². The van der Waals surface area contributed by atoms with E-state index >= 15 is 0 Å². The minimum Gasteiger partial charge on any atom is -0.480 e. The molecular weight excluding hydrogens is 273 g/mol. The number of hydrogen-bond donors (Lipinski definition) is 1. The lowest BCUT2D eigenvalue weighted by molar-refractivity contribution is -0.138. The van der Waals surface area contributed by atoms with Crippen molar-refractivity contribution in [2.45, 2.75) is 12.5 Å². The van der Waals surface area contributed by atoms with Crippen molar-refractivity contribution in [1.29, 1.82) is 0 Å². The van der Waals surface area contributed by atoms with Crippen LogP contribution in [0.2, 0.25) is 0 Å². The molecule has 1 atom stereocenters. The number of carbonyl (C=O) groups excluding carboxylic acids is 1. The predicted molar refractivity (Wildman–Crippen MR) is 74.8 cm³/mol. The van der Waals surface area contributed by atoms with Crippen molar-refractivity contribution in [1.82, 2.24) is 0 Å². The van der Waals surface area contributed by atoms with Gasteiger partial charge in [0, 0.05) is 17.7 Å². The van der Waals surface area contributed by atoms with Crippen molar-refractivity contribution in [3.05, 3.63) is 65.5 Å². The molecule has 1 amide bonds. The Kier molecular flexibility index (Phi) is 3.17. The lowest BCUT2D eigenvalue weighted by Gasteiger charge is -2.22. The van der Waals surface area contributed by atoms with Gasteiger partial charge in [-0.1, -0.05) is 18.2 Å². The summed E-state index contributed by atoms with van der Waals surface area (Å²) in [5.74, 6) is -1.93. The van der Waals surface area contributed by atoms with Gasteiger partial charge >= 0.3 is 5.97 Å². The quantitative estimate of drug-likeness (QED) is 0.922. The van der Waals surface area contributed by atoms with Gasteiger partial charge in [-0.25, -0.2) is 9.18 Å². The molecule has 1 aliphatic heterocycles. The number of carbonyl (C=O) groups is 2. The van der Waals surface area contributed by atoms with Crippen LogP contribution in [-0.2, 0) is 11.2 Å². The molecule has 0 saturated heterocycles. The summed E-state index contributed by atoms with van der Waals surface area (Å²) in [6.07, 6.45) is 0.276. The van der Waals surface area contributed by atoms with E-state index in [2.05, 4.69) is 0 Å². The van der Waals surface area contributed by atoms with Gasteiger partial charge in [0.15, 0.2) is 0 Å². The Balaban J connectivity index is 2.03. The normalized spacial score (nSPS) is 16.6. The summed E-state index contributed by atoms with van der Waals surface area (Å²) in [7, 11) is 0. The molecule has 0 aromatic heterocycles. The molecule has 0 saturated carbocycles. The van der Waals surface area contributed by atoms with Crippen molar-refractivity contribution < 1.29 is 19.1 Å². The number of carboxylic acid groups (broad SMARTS) is 1. The van der Waals surface area contributed by atoms with E-state index in [0.717, 1.165) is 5.56 Å². The number of hydrogen-bond acceptors (Lipinski definition) is 2. The highest BCUT2D eigenvalue weighted by Crippen LogP contribution is 2.33. The standard InChI is InChI=1S/C16H12FNO3/c17-12-7-5-10(6-8-12)15(19)18-13-4-2-1-3-11(13)9-14(18)16(20)21/h1-8,14H,9H2,(H,20,21). The van der Waals surface area contributed by atoms with Crippen LogP contribution >= 0.6 is 0 Å². The Morgan fingerprint density at radius 1 is 1.10 bits per heavy atom. The molecule has 0 bridgehead atoms. The predicted octanol–water partition coefficient (Wildman–Crippen LogP) is 2.48. The highest BCUT2D eigenvalue weighted by Gasteiger charge is 2.38. The molecule has 4 nitrogen and oxygen atoms in total. The van der Waals surface area contributed by atoms with E-state index in [-0.39, 0.29) is 12.0 Å². The number of benzene rings is 2. The zero-order chi connectivity index (χ0) is 15.0. The third kappa shape index (κ3) is 2.27. The first kappa shape index (κ1) is 13.3. The van der Waals surface area contributed by atoms with Crippen LogP contribution in [0, 0.1) is 5.82 Å². The summed E-state index contributed by atoms with van der Waals surface area (Å²) in [6, 6.07) is 11.3. The maximum absolute atomic E-state index is 13.0. The zero-order valence-electron chi connectivity index (χ0n) is 11.0. The Labute approximate surface area is 120 Å². The fourth-order valence-electron chi connectivity index (χ4n) is 2.57. The number of carboxylic acids is 1. The van der Waals surface area contributed by atoms with Crippen LogP contribution in [-0.4, -0.2) is 23.0 Å². The molecule has 0 radical (unpaired) electrons. The van der Waals surface area contributed by atoms with Gasteiger partial charge in [0.05, 0.1) is 0 Å². The second-order valence-corrected chi connectivity index (χ2v) is 4.87. The van der Waals surface area contributed by atoms with Gasteiger partial charge in [-0.15, -0.1) is 0 Å². The second kappa shape index (κ2) is 5.01. The zero-order valence-corrected chi connectivity index (χ0v) is 11.0. The molecule has 1 N–H and O–H groups in total. The number of fused-ring (bicyclic) bond motifs is 1. The molecular formula is C16H12FNO3. The van der Waals surface area contributed by atoms with Crippen LogP contribution in [0.1, 0.15) is 15.9 Å². The molecule has 5 heteroatoms. The number of aliphatic carboxylic acids is 1. The fraction of sp³-hybridized carbons (Fsp3) is 0.125.